The van der Waals surface area contributed by atoms with Crippen LogP contribution in [0.1, 0.15) is 23.9 Å². The molecule has 1 atom stereocenters. The fourth-order valence-corrected chi connectivity index (χ4v) is 3.05. The van der Waals surface area contributed by atoms with Crippen LogP contribution in [-0.4, -0.2) is 16.8 Å². The molecule has 0 bridgehead atoms. The first-order valence-electron chi connectivity index (χ1n) is 7.01. The Morgan fingerprint density at radius 3 is 2.90 bits per heavy atom. The van der Waals surface area contributed by atoms with Crippen LogP contribution >= 0.6 is 15.9 Å². The van der Waals surface area contributed by atoms with Crippen molar-refractivity contribution in [2.24, 2.45) is 7.05 Å². The molecular weight excluding hydrogens is 330 g/mol. The summed E-state index contributed by atoms with van der Waals surface area (Å²) in [5.41, 5.74) is 2.14. The number of furan rings is 1. The van der Waals surface area contributed by atoms with Gasteiger partial charge in [0.2, 0.25) is 0 Å². The monoisotopic (exact) mass is 347 g/mol. The highest BCUT2D eigenvalue weighted by molar-refractivity contribution is 9.10. The Bertz CT molecular complexity index is 747. The largest absolute Gasteiger partial charge is 0.458 e. The van der Waals surface area contributed by atoms with E-state index in [1.165, 1.54) is 5.69 Å². The van der Waals surface area contributed by atoms with Gasteiger partial charge in [-0.15, -0.1) is 0 Å². The number of nitrogens with one attached hydrogen (secondary N) is 1. The number of para-hydroxylation sites is 1. The van der Waals surface area contributed by atoms with Crippen LogP contribution in [0.5, 0.6) is 0 Å². The standard InChI is InChI=1S/C16H18BrN3O/c1-18-14(7-6-12-8-9-19-20(12)2)15-10-11-4-3-5-13(17)16(11)21-15/h3-5,8-10,14,18H,6-7H2,1-2H3. The predicted molar refractivity (Wildman–Crippen MR) is 87.2 cm³/mol. The van der Waals surface area contributed by atoms with E-state index in [1.54, 1.807) is 0 Å². The summed E-state index contributed by atoms with van der Waals surface area (Å²) in [5, 5.41) is 8.67. The Morgan fingerprint density at radius 1 is 1.38 bits per heavy atom. The Kier molecular flexibility index (Phi) is 4.12. The lowest BCUT2D eigenvalue weighted by atomic mass is 10.1. The quantitative estimate of drug-likeness (QED) is 0.762. The summed E-state index contributed by atoms with van der Waals surface area (Å²) in [5.74, 6) is 0.974. The fourth-order valence-electron chi connectivity index (χ4n) is 2.59. The van der Waals surface area contributed by atoms with Crippen LogP contribution in [-0.2, 0) is 13.5 Å². The zero-order valence-electron chi connectivity index (χ0n) is 12.1. The highest BCUT2D eigenvalue weighted by Gasteiger charge is 2.16. The second kappa shape index (κ2) is 6.03. The molecular formula is C16H18BrN3O. The Morgan fingerprint density at radius 2 is 2.24 bits per heavy atom. The molecule has 0 fully saturated rings. The fraction of sp³-hybridized carbons (Fsp3) is 0.312. The number of halogens is 1. The second-order valence-electron chi connectivity index (χ2n) is 5.13. The Labute approximate surface area is 132 Å². The van der Waals surface area contributed by atoms with Gasteiger partial charge in [0.05, 0.1) is 10.5 Å². The number of hydrogen-bond acceptors (Lipinski definition) is 3. The third-order valence-electron chi connectivity index (χ3n) is 3.82. The minimum absolute atomic E-state index is 0.194. The summed E-state index contributed by atoms with van der Waals surface area (Å²) in [6.45, 7) is 0. The van der Waals surface area contributed by atoms with E-state index in [0.29, 0.717) is 0 Å². The lowest BCUT2D eigenvalue weighted by molar-refractivity contribution is 0.429. The van der Waals surface area contributed by atoms with Gasteiger partial charge in [-0.25, -0.2) is 0 Å². The van der Waals surface area contributed by atoms with Crippen molar-refractivity contribution in [3.63, 3.8) is 0 Å². The van der Waals surface area contributed by atoms with Crippen molar-refractivity contribution in [2.75, 3.05) is 7.05 Å². The summed E-state index contributed by atoms with van der Waals surface area (Å²) >= 11 is 3.54. The average Bonchev–Trinajstić information content (AvgIpc) is 3.07. The predicted octanol–water partition coefficient (Wildman–Crippen LogP) is 3.82. The number of fused-ring (bicyclic) bond motifs is 1. The van der Waals surface area contributed by atoms with Crippen molar-refractivity contribution in [1.29, 1.82) is 0 Å². The summed E-state index contributed by atoms with van der Waals surface area (Å²) in [6.07, 6.45) is 3.76. The van der Waals surface area contributed by atoms with Crippen LogP contribution in [0.2, 0.25) is 0 Å². The van der Waals surface area contributed by atoms with E-state index in [-0.39, 0.29) is 6.04 Å². The molecule has 1 aromatic carbocycles. The van der Waals surface area contributed by atoms with E-state index in [2.05, 4.69) is 44.5 Å². The maximum atomic E-state index is 6.02. The molecule has 110 valence electrons. The highest BCUT2D eigenvalue weighted by Crippen LogP contribution is 2.31. The number of rotatable bonds is 5. The van der Waals surface area contributed by atoms with Gasteiger partial charge >= 0.3 is 0 Å². The minimum Gasteiger partial charge on any atom is -0.458 e. The molecule has 0 amide bonds. The first-order chi connectivity index (χ1) is 10.2. The summed E-state index contributed by atoms with van der Waals surface area (Å²) in [7, 11) is 3.94. The number of benzene rings is 1. The lowest BCUT2D eigenvalue weighted by Crippen LogP contribution is -2.17. The first-order valence-corrected chi connectivity index (χ1v) is 7.80. The third-order valence-corrected chi connectivity index (χ3v) is 4.44. The molecule has 0 aliphatic heterocycles. The molecule has 0 aliphatic rings. The van der Waals surface area contributed by atoms with Gasteiger partial charge in [0.25, 0.3) is 0 Å². The molecule has 5 heteroatoms. The van der Waals surface area contributed by atoms with Crippen LogP contribution in [0.15, 0.2) is 45.4 Å². The van der Waals surface area contributed by atoms with E-state index in [9.17, 15) is 0 Å². The van der Waals surface area contributed by atoms with Gasteiger partial charge in [-0.1, -0.05) is 12.1 Å². The van der Waals surface area contributed by atoms with Crippen molar-refractivity contribution in [3.05, 3.63) is 52.5 Å². The maximum absolute atomic E-state index is 6.02. The number of hydrogen-bond donors (Lipinski definition) is 1. The molecule has 21 heavy (non-hydrogen) atoms. The molecule has 3 rings (SSSR count). The van der Waals surface area contributed by atoms with Crippen molar-refractivity contribution in [2.45, 2.75) is 18.9 Å². The molecule has 0 saturated heterocycles. The molecule has 1 N–H and O–H groups in total. The van der Waals surface area contributed by atoms with Crippen LogP contribution < -0.4 is 5.32 Å². The Balaban J connectivity index is 1.81. The first kappa shape index (κ1) is 14.4. The highest BCUT2D eigenvalue weighted by atomic mass is 79.9. The van der Waals surface area contributed by atoms with Crippen LogP contribution in [0.25, 0.3) is 11.0 Å². The molecule has 0 radical (unpaired) electrons. The van der Waals surface area contributed by atoms with Crippen molar-refractivity contribution < 1.29 is 4.42 Å². The SMILES string of the molecule is CNC(CCc1ccnn1C)c1cc2cccc(Br)c2o1. The van der Waals surface area contributed by atoms with E-state index < -0.39 is 0 Å². The van der Waals surface area contributed by atoms with Gasteiger partial charge < -0.3 is 9.73 Å². The van der Waals surface area contributed by atoms with Crippen LogP contribution in [0.4, 0.5) is 0 Å². The van der Waals surface area contributed by atoms with Gasteiger partial charge in [-0.2, -0.15) is 5.10 Å². The van der Waals surface area contributed by atoms with Crippen molar-refractivity contribution in [3.8, 4) is 0 Å². The lowest BCUT2D eigenvalue weighted by Gasteiger charge is -2.13. The molecule has 2 heterocycles. The van der Waals surface area contributed by atoms with Gasteiger partial charge in [-0.3, -0.25) is 4.68 Å². The molecule has 0 aliphatic carbocycles. The number of nitrogens with zero attached hydrogens (tertiary/aromatic N) is 2. The third kappa shape index (κ3) is 2.89. The molecule has 2 aromatic heterocycles. The van der Waals surface area contributed by atoms with Gasteiger partial charge in [-0.05, 0) is 54.0 Å². The number of aryl methyl sites for hydroxylation is 2. The van der Waals surface area contributed by atoms with E-state index in [0.717, 1.165) is 34.0 Å². The van der Waals surface area contributed by atoms with Crippen molar-refractivity contribution >= 4 is 26.9 Å². The zero-order chi connectivity index (χ0) is 14.8. The molecule has 0 spiro atoms. The average molecular weight is 348 g/mol. The smallest absolute Gasteiger partial charge is 0.148 e. The van der Waals surface area contributed by atoms with Gasteiger partial charge in [0.1, 0.15) is 11.3 Å². The second-order valence-corrected chi connectivity index (χ2v) is 5.99. The summed E-state index contributed by atoms with van der Waals surface area (Å²) < 4.78 is 8.93. The maximum Gasteiger partial charge on any atom is 0.148 e. The Hall–Kier alpha value is -1.59. The molecule has 4 nitrogen and oxygen atoms in total. The topological polar surface area (TPSA) is 43.0 Å². The van der Waals surface area contributed by atoms with E-state index >= 15 is 0 Å². The van der Waals surface area contributed by atoms with Crippen LogP contribution in [0, 0.1) is 0 Å². The van der Waals surface area contributed by atoms with E-state index in [4.69, 9.17) is 4.42 Å². The van der Waals surface area contributed by atoms with Gasteiger partial charge in [0.15, 0.2) is 0 Å². The summed E-state index contributed by atoms with van der Waals surface area (Å²) in [6, 6.07) is 10.5. The molecule has 0 saturated carbocycles. The van der Waals surface area contributed by atoms with Crippen molar-refractivity contribution in [1.82, 2.24) is 15.1 Å². The zero-order valence-corrected chi connectivity index (χ0v) is 13.7. The molecule has 1 unspecified atom stereocenters. The van der Waals surface area contributed by atoms with Crippen LogP contribution in [0.3, 0.4) is 0 Å². The number of aromatic nitrogens is 2. The molecule has 3 aromatic rings. The van der Waals surface area contributed by atoms with E-state index in [1.807, 2.05) is 37.1 Å². The minimum atomic E-state index is 0.194. The summed E-state index contributed by atoms with van der Waals surface area (Å²) in [4.78, 5) is 0. The normalized spacial score (nSPS) is 12.9. The van der Waals surface area contributed by atoms with Gasteiger partial charge in [0, 0.05) is 24.3 Å².